The lowest BCUT2D eigenvalue weighted by Crippen LogP contribution is -2.13. The molecule has 0 spiro atoms. The first-order valence-corrected chi connectivity index (χ1v) is 6.97. The van der Waals surface area contributed by atoms with E-state index in [1.165, 1.54) is 0 Å². The quantitative estimate of drug-likeness (QED) is 0.227. The molecule has 7 heteroatoms. The Labute approximate surface area is 129 Å². The maximum Gasteiger partial charge on any atom is 0.170 e. The van der Waals surface area contributed by atoms with E-state index in [9.17, 15) is 0 Å². The van der Waals surface area contributed by atoms with Gasteiger partial charge in [0.25, 0.3) is 0 Å². The van der Waals surface area contributed by atoms with Crippen LogP contribution in [0.4, 0.5) is 0 Å². The van der Waals surface area contributed by atoms with Gasteiger partial charge in [-0.2, -0.15) is 0 Å². The molecule has 1 aromatic carbocycles. The Balaban J connectivity index is 2.26. The Bertz CT molecular complexity index is 455. The Morgan fingerprint density at radius 2 is 2.00 bits per heavy atom. The van der Waals surface area contributed by atoms with Crippen LogP contribution in [-0.2, 0) is 20.8 Å². The summed E-state index contributed by atoms with van der Waals surface area (Å²) >= 11 is 6.12. The van der Waals surface area contributed by atoms with E-state index in [1.54, 1.807) is 25.3 Å². The second kappa shape index (κ2) is 10.4. The van der Waals surface area contributed by atoms with Crippen LogP contribution in [0, 0.1) is 0 Å². The molecule has 21 heavy (non-hydrogen) atoms. The van der Waals surface area contributed by atoms with E-state index in [-0.39, 0.29) is 5.84 Å². The highest BCUT2D eigenvalue weighted by atomic mass is 35.5. The van der Waals surface area contributed by atoms with E-state index in [0.29, 0.717) is 43.6 Å². The summed E-state index contributed by atoms with van der Waals surface area (Å²) < 4.78 is 15.7. The normalized spacial score (nSPS) is 11.8. The lowest BCUT2D eigenvalue weighted by atomic mass is 10.1. The van der Waals surface area contributed by atoms with Crippen molar-refractivity contribution in [1.82, 2.24) is 0 Å². The van der Waals surface area contributed by atoms with E-state index >= 15 is 0 Å². The first-order valence-electron chi connectivity index (χ1n) is 6.59. The summed E-state index contributed by atoms with van der Waals surface area (Å²) in [6.45, 7) is 2.83. The standard InChI is InChI=1S/C14H21ClN2O4/c1-19-7-8-20-5-2-6-21-10-12-4-3-11(9-13(12)15)14(16)17-18/h3-4,9,18H,2,5-8,10H2,1H3,(H2,16,17). The average molecular weight is 317 g/mol. The molecule has 3 N–H and O–H groups in total. The fourth-order valence-corrected chi connectivity index (χ4v) is 1.81. The Hall–Kier alpha value is -1.34. The van der Waals surface area contributed by atoms with Crippen LogP contribution in [0.5, 0.6) is 0 Å². The second-order valence-electron chi connectivity index (χ2n) is 4.30. The molecule has 0 saturated heterocycles. The van der Waals surface area contributed by atoms with Gasteiger partial charge in [0.1, 0.15) is 0 Å². The highest BCUT2D eigenvalue weighted by Gasteiger charge is 2.05. The van der Waals surface area contributed by atoms with Crippen molar-refractivity contribution in [2.45, 2.75) is 13.0 Å². The Kier molecular flexibility index (Phi) is 8.77. The average Bonchev–Trinajstić information content (AvgIpc) is 2.50. The third-order valence-electron chi connectivity index (χ3n) is 2.72. The van der Waals surface area contributed by atoms with Crippen molar-refractivity contribution in [2.24, 2.45) is 10.9 Å². The highest BCUT2D eigenvalue weighted by Crippen LogP contribution is 2.18. The fourth-order valence-electron chi connectivity index (χ4n) is 1.57. The predicted molar refractivity (Wildman–Crippen MR) is 80.9 cm³/mol. The third-order valence-corrected chi connectivity index (χ3v) is 3.08. The van der Waals surface area contributed by atoms with Crippen LogP contribution >= 0.6 is 11.6 Å². The molecule has 1 aromatic rings. The van der Waals surface area contributed by atoms with E-state index in [0.717, 1.165) is 12.0 Å². The van der Waals surface area contributed by atoms with Crippen LogP contribution < -0.4 is 5.73 Å². The van der Waals surface area contributed by atoms with Gasteiger partial charge in [0.15, 0.2) is 5.84 Å². The van der Waals surface area contributed by atoms with Gasteiger partial charge in [-0.25, -0.2) is 0 Å². The minimum atomic E-state index is 0.0255. The van der Waals surface area contributed by atoms with Crippen LogP contribution in [0.25, 0.3) is 0 Å². The topological polar surface area (TPSA) is 86.3 Å². The molecule has 0 aliphatic heterocycles. The van der Waals surface area contributed by atoms with Gasteiger partial charge in [-0.1, -0.05) is 28.9 Å². The number of hydrogen-bond donors (Lipinski definition) is 2. The first kappa shape index (κ1) is 17.7. The first-order chi connectivity index (χ1) is 10.2. The van der Waals surface area contributed by atoms with Crippen molar-refractivity contribution in [1.29, 1.82) is 0 Å². The molecular formula is C14H21ClN2O4. The van der Waals surface area contributed by atoms with Gasteiger partial charge in [-0.15, -0.1) is 0 Å². The zero-order valence-corrected chi connectivity index (χ0v) is 12.8. The van der Waals surface area contributed by atoms with Gasteiger partial charge in [0, 0.05) is 30.9 Å². The molecule has 0 amide bonds. The van der Waals surface area contributed by atoms with Gasteiger partial charge in [0.05, 0.1) is 19.8 Å². The van der Waals surface area contributed by atoms with Crippen LogP contribution in [-0.4, -0.2) is 44.6 Å². The SMILES string of the molecule is COCCOCCCOCc1ccc(/C(N)=N/O)cc1Cl. The number of rotatable bonds is 10. The summed E-state index contributed by atoms with van der Waals surface area (Å²) in [5.74, 6) is 0.0255. The lowest BCUT2D eigenvalue weighted by Gasteiger charge is -2.08. The van der Waals surface area contributed by atoms with Crippen molar-refractivity contribution in [2.75, 3.05) is 33.5 Å². The molecule has 0 aliphatic rings. The second-order valence-corrected chi connectivity index (χ2v) is 4.71. The van der Waals surface area contributed by atoms with E-state index in [4.69, 9.17) is 36.8 Å². The molecule has 0 fully saturated rings. The van der Waals surface area contributed by atoms with Crippen LogP contribution in [0.15, 0.2) is 23.4 Å². The lowest BCUT2D eigenvalue weighted by molar-refractivity contribution is 0.0483. The predicted octanol–water partition coefficient (Wildman–Crippen LogP) is 2.00. The number of nitrogens with zero attached hydrogens (tertiary/aromatic N) is 1. The summed E-state index contributed by atoms with van der Waals surface area (Å²) in [6, 6.07) is 5.17. The monoisotopic (exact) mass is 316 g/mol. The largest absolute Gasteiger partial charge is 0.409 e. The molecular weight excluding hydrogens is 296 g/mol. The Morgan fingerprint density at radius 1 is 1.24 bits per heavy atom. The smallest absolute Gasteiger partial charge is 0.170 e. The van der Waals surface area contributed by atoms with E-state index in [2.05, 4.69) is 5.16 Å². The van der Waals surface area contributed by atoms with Crippen molar-refractivity contribution in [3.63, 3.8) is 0 Å². The van der Waals surface area contributed by atoms with Crippen molar-refractivity contribution < 1.29 is 19.4 Å². The summed E-state index contributed by atoms with van der Waals surface area (Å²) in [5.41, 5.74) is 6.91. The summed E-state index contributed by atoms with van der Waals surface area (Å²) in [7, 11) is 1.64. The fraction of sp³-hybridized carbons (Fsp3) is 0.500. The minimum Gasteiger partial charge on any atom is -0.409 e. The number of ether oxygens (including phenoxy) is 3. The number of oxime groups is 1. The third kappa shape index (κ3) is 6.77. The van der Waals surface area contributed by atoms with Gasteiger partial charge in [0.2, 0.25) is 0 Å². The summed E-state index contributed by atoms with van der Waals surface area (Å²) in [5, 5.41) is 12.1. The molecule has 0 atom stereocenters. The molecule has 0 saturated carbocycles. The molecule has 0 bridgehead atoms. The number of benzene rings is 1. The zero-order chi connectivity index (χ0) is 15.5. The number of halogens is 1. The highest BCUT2D eigenvalue weighted by molar-refractivity contribution is 6.31. The van der Waals surface area contributed by atoms with Crippen LogP contribution in [0.1, 0.15) is 17.5 Å². The molecule has 0 aromatic heterocycles. The molecule has 0 unspecified atom stereocenters. The van der Waals surface area contributed by atoms with E-state index in [1.807, 2.05) is 0 Å². The number of nitrogens with two attached hydrogens (primary N) is 1. The molecule has 118 valence electrons. The maximum absolute atomic E-state index is 8.60. The minimum absolute atomic E-state index is 0.0255. The molecule has 0 aliphatic carbocycles. The summed E-state index contributed by atoms with van der Waals surface area (Å²) in [6.07, 6.45) is 0.809. The van der Waals surface area contributed by atoms with Crippen molar-refractivity contribution in [3.8, 4) is 0 Å². The zero-order valence-electron chi connectivity index (χ0n) is 12.0. The van der Waals surface area contributed by atoms with Gasteiger partial charge in [-0.3, -0.25) is 0 Å². The van der Waals surface area contributed by atoms with Gasteiger partial charge < -0.3 is 25.2 Å². The molecule has 0 heterocycles. The molecule has 6 nitrogen and oxygen atoms in total. The number of methoxy groups -OCH3 is 1. The van der Waals surface area contributed by atoms with Crippen LogP contribution in [0.2, 0.25) is 5.02 Å². The molecule has 1 rings (SSSR count). The number of hydrogen-bond acceptors (Lipinski definition) is 5. The van der Waals surface area contributed by atoms with Crippen molar-refractivity contribution in [3.05, 3.63) is 34.3 Å². The maximum atomic E-state index is 8.60. The summed E-state index contributed by atoms with van der Waals surface area (Å²) in [4.78, 5) is 0. The van der Waals surface area contributed by atoms with Gasteiger partial charge >= 0.3 is 0 Å². The Morgan fingerprint density at radius 3 is 2.67 bits per heavy atom. The molecule has 0 radical (unpaired) electrons. The van der Waals surface area contributed by atoms with Crippen LogP contribution in [0.3, 0.4) is 0 Å². The number of amidine groups is 1. The van der Waals surface area contributed by atoms with Gasteiger partial charge in [-0.05, 0) is 18.1 Å². The van der Waals surface area contributed by atoms with E-state index < -0.39 is 0 Å². The van der Waals surface area contributed by atoms with Crippen molar-refractivity contribution >= 4 is 17.4 Å².